The Morgan fingerprint density at radius 1 is 1.04 bits per heavy atom. The molecule has 23 heavy (non-hydrogen) atoms. The molecule has 0 N–H and O–H groups in total. The number of hydrogen-bond acceptors (Lipinski definition) is 4. The maximum Gasteiger partial charge on any atom is 0.224 e. The topological polar surface area (TPSA) is 46.3 Å². The Labute approximate surface area is 142 Å². The summed E-state index contributed by atoms with van der Waals surface area (Å²) in [6.07, 6.45) is 4.72. The van der Waals surface area contributed by atoms with Crippen molar-refractivity contribution in [3.63, 3.8) is 0 Å². The molecule has 0 radical (unpaired) electrons. The summed E-state index contributed by atoms with van der Waals surface area (Å²) in [5.41, 5.74) is 0.801. The van der Waals surface area contributed by atoms with Gasteiger partial charge in [0.15, 0.2) is 0 Å². The van der Waals surface area contributed by atoms with Crippen molar-refractivity contribution in [2.24, 2.45) is 4.99 Å². The zero-order chi connectivity index (χ0) is 15.8. The van der Waals surface area contributed by atoms with E-state index in [1.165, 1.54) is 6.33 Å². The molecule has 0 aliphatic carbocycles. The molecule has 0 bridgehead atoms. The van der Waals surface area contributed by atoms with E-state index in [1.807, 2.05) is 41.4 Å². The van der Waals surface area contributed by atoms with Crippen LogP contribution in [0.3, 0.4) is 0 Å². The Hall–Kier alpha value is -2.37. The Kier molecular flexibility index (Phi) is 3.52. The smallest absolute Gasteiger partial charge is 0.224 e. The number of benzene rings is 2. The standard InChI is InChI=1S/C16H11Cl2N5/c17-12-5-6-15(13(18)7-12)22-8-11-3-1-2-4-14(11)21-16(22)23-10-19-9-20-23/h1-10,16H. The molecule has 1 aromatic heterocycles. The van der Waals surface area contributed by atoms with E-state index < -0.39 is 6.29 Å². The second kappa shape index (κ2) is 5.68. The van der Waals surface area contributed by atoms with Crippen molar-refractivity contribution in [2.45, 2.75) is 6.29 Å². The van der Waals surface area contributed by atoms with Gasteiger partial charge in [-0.25, -0.2) is 14.7 Å². The summed E-state index contributed by atoms with van der Waals surface area (Å²) in [6.45, 7) is 0. The molecular weight excluding hydrogens is 333 g/mol. The lowest BCUT2D eigenvalue weighted by Gasteiger charge is -2.30. The van der Waals surface area contributed by atoms with Gasteiger partial charge in [-0.3, -0.25) is 0 Å². The average Bonchev–Trinajstić information content (AvgIpc) is 3.08. The van der Waals surface area contributed by atoms with Crippen LogP contribution in [0, 0.1) is 0 Å². The molecule has 7 heteroatoms. The van der Waals surface area contributed by atoms with E-state index in [2.05, 4.69) is 10.1 Å². The number of anilines is 1. The summed E-state index contributed by atoms with van der Waals surface area (Å²) >= 11 is 12.4. The number of fused-ring (bicyclic) bond motifs is 1. The van der Waals surface area contributed by atoms with Crippen molar-refractivity contribution >= 4 is 35.1 Å². The fraction of sp³-hybridized carbons (Fsp3) is 0.0625. The third-order valence-electron chi connectivity index (χ3n) is 3.58. The largest absolute Gasteiger partial charge is 0.305 e. The predicted molar refractivity (Wildman–Crippen MR) is 89.7 cm³/mol. The highest BCUT2D eigenvalue weighted by Gasteiger charge is 2.23. The Balaban J connectivity index is 1.93. The monoisotopic (exact) mass is 343 g/mol. The third kappa shape index (κ3) is 2.58. The van der Waals surface area contributed by atoms with Gasteiger partial charge in [0.25, 0.3) is 0 Å². The molecule has 2 heterocycles. The van der Waals surface area contributed by atoms with E-state index in [4.69, 9.17) is 28.2 Å². The van der Waals surface area contributed by atoms with E-state index in [9.17, 15) is 0 Å². The second-order valence-corrected chi connectivity index (χ2v) is 5.89. The molecule has 0 amide bonds. The Morgan fingerprint density at radius 2 is 1.91 bits per heavy atom. The minimum atomic E-state index is -0.397. The lowest BCUT2D eigenvalue weighted by Crippen LogP contribution is -2.40. The average molecular weight is 344 g/mol. The predicted octanol–water partition coefficient (Wildman–Crippen LogP) is 2.62. The second-order valence-electron chi connectivity index (χ2n) is 5.04. The maximum absolute atomic E-state index is 6.38. The van der Waals surface area contributed by atoms with Crippen LogP contribution in [0.1, 0.15) is 6.29 Å². The maximum atomic E-state index is 6.38. The van der Waals surface area contributed by atoms with E-state index >= 15 is 0 Å². The summed E-state index contributed by atoms with van der Waals surface area (Å²) in [4.78, 5) is 10.7. The summed E-state index contributed by atoms with van der Waals surface area (Å²) < 4.78 is 1.68. The van der Waals surface area contributed by atoms with E-state index in [0.717, 1.165) is 16.3 Å². The zero-order valence-electron chi connectivity index (χ0n) is 11.8. The van der Waals surface area contributed by atoms with Crippen LogP contribution in [-0.4, -0.2) is 14.8 Å². The summed E-state index contributed by atoms with van der Waals surface area (Å²) in [5.74, 6) is 0. The van der Waals surface area contributed by atoms with E-state index in [1.54, 1.807) is 23.1 Å². The Morgan fingerprint density at radius 3 is 2.70 bits per heavy atom. The summed E-state index contributed by atoms with van der Waals surface area (Å²) in [6, 6.07) is 13.3. The molecule has 1 aliphatic rings. The van der Waals surface area contributed by atoms with E-state index in [-0.39, 0.29) is 0 Å². The van der Waals surface area contributed by atoms with Crippen LogP contribution in [0.4, 0.5) is 5.69 Å². The van der Waals surface area contributed by atoms with Gasteiger partial charge in [0.05, 0.1) is 16.1 Å². The first-order chi connectivity index (χ1) is 11.2. The molecular formula is C16H11Cl2N5. The summed E-state index contributed by atoms with van der Waals surface area (Å²) in [7, 11) is 0. The lowest BCUT2D eigenvalue weighted by molar-refractivity contribution is 0.468. The van der Waals surface area contributed by atoms with E-state index in [0.29, 0.717) is 10.0 Å². The van der Waals surface area contributed by atoms with Gasteiger partial charge in [0.2, 0.25) is 6.29 Å². The van der Waals surface area contributed by atoms with Gasteiger partial charge in [0.1, 0.15) is 12.7 Å². The highest BCUT2D eigenvalue weighted by atomic mass is 35.5. The third-order valence-corrected chi connectivity index (χ3v) is 4.12. The van der Waals surface area contributed by atoms with Crippen molar-refractivity contribution in [1.29, 1.82) is 0 Å². The van der Waals surface area contributed by atoms with Crippen LogP contribution in [0.25, 0.3) is 6.20 Å². The van der Waals surface area contributed by atoms with Crippen LogP contribution in [-0.2, 0) is 0 Å². The first-order valence-corrected chi connectivity index (χ1v) is 7.70. The van der Waals surface area contributed by atoms with Gasteiger partial charge >= 0.3 is 0 Å². The van der Waals surface area contributed by atoms with Gasteiger partial charge < -0.3 is 4.90 Å². The normalized spacial score (nSPS) is 16.4. The van der Waals surface area contributed by atoms with Crippen molar-refractivity contribution in [2.75, 3.05) is 4.90 Å². The quantitative estimate of drug-likeness (QED) is 0.718. The van der Waals surface area contributed by atoms with Gasteiger partial charge in [-0.05, 0) is 24.3 Å². The number of para-hydroxylation sites is 1. The number of rotatable bonds is 2. The van der Waals surface area contributed by atoms with Gasteiger partial charge in [-0.1, -0.05) is 41.4 Å². The molecule has 0 saturated heterocycles. The SMILES string of the molecule is Clc1ccc(N2C=c3ccccc3=NC2n2cncn2)c(Cl)c1. The molecule has 1 unspecified atom stereocenters. The molecule has 5 nitrogen and oxygen atoms in total. The molecule has 0 spiro atoms. The molecule has 2 aromatic carbocycles. The van der Waals surface area contributed by atoms with Crippen LogP contribution in [0.15, 0.2) is 60.1 Å². The zero-order valence-corrected chi connectivity index (χ0v) is 13.4. The van der Waals surface area contributed by atoms with Crippen LogP contribution in [0.2, 0.25) is 10.0 Å². The Bertz CT molecular complexity index is 968. The van der Waals surface area contributed by atoms with Crippen LogP contribution in [0.5, 0.6) is 0 Å². The number of hydrogen-bond donors (Lipinski definition) is 0. The highest BCUT2D eigenvalue weighted by Crippen LogP contribution is 2.33. The molecule has 4 rings (SSSR count). The van der Waals surface area contributed by atoms with Crippen molar-refractivity contribution < 1.29 is 0 Å². The highest BCUT2D eigenvalue weighted by molar-refractivity contribution is 6.36. The van der Waals surface area contributed by atoms with Crippen LogP contribution < -0.4 is 15.5 Å². The van der Waals surface area contributed by atoms with Crippen molar-refractivity contribution in [3.05, 3.63) is 75.7 Å². The van der Waals surface area contributed by atoms with Gasteiger partial charge in [0, 0.05) is 16.4 Å². The fourth-order valence-electron chi connectivity index (χ4n) is 2.53. The number of nitrogens with zero attached hydrogens (tertiary/aromatic N) is 5. The molecule has 0 saturated carbocycles. The van der Waals surface area contributed by atoms with Crippen molar-refractivity contribution in [3.8, 4) is 0 Å². The molecule has 0 fully saturated rings. The van der Waals surface area contributed by atoms with Gasteiger partial charge in [-0.2, -0.15) is 5.10 Å². The van der Waals surface area contributed by atoms with Crippen molar-refractivity contribution in [1.82, 2.24) is 14.8 Å². The van der Waals surface area contributed by atoms with Crippen LogP contribution >= 0.6 is 23.2 Å². The molecule has 114 valence electrons. The van der Waals surface area contributed by atoms with Gasteiger partial charge in [-0.15, -0.1) is 0 Å². The first kappa shape index (κ1) is 14.2. The minimum Gasteiger partial charge on any atom is -0.305 e. The minimum absolute atomic E-state index is 0.397. The molecule has 3 aromatic rings. The molecule has 1 atom stereocenters. The summed E-state index contributed by atoms with van der Waals surface area (Å²) in [5, 5.41) is 7.26. The number of aromatic nitrogens is 3. The first-order valence-electron chi connectivity index (χ1n) is 6.94. The molecule has 1 aliphatic heterocycles. The lowest BCUT2D eigenvalue weighted by atomic mass is 10.2. The fourth-order valence-corrected chi connectivity index (χ4v) is 3.03. The number of halogens is 2.